The van der Waals surface area contributed by atoms with Crippen molar-refractivity contribution in [3.63, 3.8) is 0 Å². The molecule has 2 aliphatic rings. The van der Waals surface area contributed by atoms with Crippen LogP contribution in [0.25, 0.3) is 5.52 Å². The van der Waals surface area contributed by atoms with E-state index in [2.05, 4.69) is 22.1 Å². The molecule has 1 aromatic carbocycles. The standard InChI is InChI=1S/C37H49N6O10P/c1-22(2)34(44)50-31-30(28-16-17-29-33(39)40-21-41-43(28)29)52-37(19-38,32(31)51-35(45)23(3)4)20-49-54(47,53-27-10-8-7-9-11-27)42-25(6)36(46)48-18-26-14-12-24(5)13-15-26/h7-11,16-17,21-26,30-32H,12-15,18,20H2,1-6H3,(H,42,47)(H2,39,40,41)/t24-,25-,26-,30-,31-,32-,37+,54?/m0/s1. The first kappa shape index (κ1) is 40.6. The van der Waals surface area contributed by atoms with Crippen molar-refractivity contribution >= 4 is 37.0 Å². The molecule has 3 heterocycles. The molecule has 5 rings (SSSR count). The summed E-state index contributed by atoms with van der Waals surface area (Å²) >= 11 is 0. The number of nitrogen functional groups attached to an aromatic ring is 1. The van der Waals surface area contributed by atoms with Crippen LogP contribution in [0.2, 0.25) is 0 Å². The number of benzene rings is 1. The topological polar surface area (TPSA) is 216 Å². The van der Waals surface area contributed by atoms with Crippen LogP contribution >= 0.6 is 7.75 Å². The second-order valence-corrected chi connectivity index (χ2v) is 16.3. The molecule has 3 N–H and O–H groups in total. The molecule has 1 unspecified atom stereocenters. The summed E-state index contributed by atoms with van der Waals surface area (Å²) in [4.78, 5) is 43.6. The lowest BCUT2D eigenvalue weighted by Crippen LogP contribution is -2.50. The lowest BCUT2D eigenvalue weighted by molar-refractivity contribution is -0.173. The molecule has 2 fully saturated rings. The Morgan fingerprint density at radius 3 is 2.33 bits per heavy atom. The van der Waals surface area contributed by atoms with Crippen LogP contribution < -0.4 is 15.3 Å². The van der Waals surface area contributed by atoms with Crippen LogP contribution in [0, 0.1) is 35.0 Å². The molecule has 1 aliphatic carbocycles. The number of nitrogens with one attached hydrogen (secondary N) is 1. The first-order valence-corrected chi connectivity index (χ1v) is 19.7. The highest BCUT2D eigenvalue weighted by molar-refractivity contribution is 7.52. The molecule has 0 spiro atoms. The van der Waals surface area contributed by atoms with E-state index in [4.69, 9.17) is 33.7 Å². The zero-order valence-electron chi connectivity index (χ0n) is 31.4. The van der Waals surface area contributed by atoms with Gasteiger partial charge in [0, 0.05) is 0 Å². The average molecular weight is 769 g/mol. The molecule has 0 amide bonds. The van der Waals surface area contributed by atoms with Gasteiger partial charge in [0.15, 0.2) is 18.0 Å². The van der Waals surface area contributed by atoms with Crippen molar-refractivity contribution in [1.29, 1.82) is 5.26 Å². The smallest absolute Gasteiger partial charge is 0.459 e. The summed E-state index contributed by atoms with van der Waals surface area (Å²) in [5, 5.41) is 17.8. The van der Waals surface area contributed by atoms with E-state index >= 15 is 0 Å². The van der Waals surface area contributed by atoms with Gasteiger partial charge in [0.05, 0.1) is 24.1 Å². The maximum atomic E-state index is 14.6. The molecule has 0 bridgehead atoms. The number of nitrogens with two attached hydrogens (primary N) is 1. The van der Waals surface area contributed by atoms with Crippen LogP contribution in [-0.4, -0.2) is 69.6 Å². The zero-order chi connectivity index (χ0) is 39.2. The van der Waals surface area contributed by atoms with Crippen LogP contribution in [0.1, 0.15) is 79.0 Å². The lowest BCUT2D eigenvalue weighted by Gasteiger charge is -2.31. The van der Waals surface area contributed by atoms with E-state index in [1.807, 2.05) is 6.07 Å². The third-order valence-electron chi connectivity index (χ3n) is 9.54. The number of nitriles is 1. The second-order valence-electron chi connectivity index (χ2n) is 14.6. The molecule has 1 aliphatic heterocycles. The molecular weight excluding hydrogens is 719 g/mol. The van der Waals surface area contributed by atoms with E-state index in [1.165, 1.54) is 29.9 Å². The van der Waals surface area contributed by atoms with Crippen molar-refractivity contribution in [2.24, 2.45) is 23.7 Å². The monoisotopic (exact) mass is 768 g/mol. The fraction of sp³-hybridized carbons (Fsp3) is 0.568. The molecule has 1 saturated carbocycles. The van der Waals surface area contributed by atoms with Gasteiger partial charge in [0.2, 0.25) is 5.60 Å². The Balaban J connectivity index is 1.48. The number of esters is 3. The summed E-state index contributed by atoms with van der Waals surface area (Å²) in [5.41, 5.74) is 4.52. The van der Waals surface area contributed by atoms with E-state index in [-0.39, 0.29) is 29.8 Å². The van der Waals surface area contributed by atoms with Crippen LogP contribution in [-0.2, 0) is 42.4 Å². The summed E-state index contributed by atoms with van der Waals surface area (Å²) in [5.74, 6) is -2.21. The number of hydrogen-bond acceptors (Lipinski definition) is 14. The van der Waals surface area contributed by atoms with Gasteiger partial charge in [-0.15, -0.1) is 0 Å². The van der Waals surface area contributed by atoms with Crippen LogP contribution in [0.5, 0.6) is 5.75 Å². The van der Waals surface area contributed by atoms with Crippen molar-refractivity contribution < 1.29 is 46.9 Å². The quantitative estimate of drug-likeness (QED) is 0.113. The van der Waals surface area contributed by atoms with Gasteiger partial charge in [-0.25, -0.2) is 14.1 Å². The van der Waals surface area contributed by atoms with E-state index < -0.39 is 74.1 Å². The molecule has 292 valence electrons. The Hall–Kier alpha value is -4.55. The molecule has 1 saturated heterocycles. The lowest BCUT2D eigenvalue weighted by atomic mass is 9.83. The Bertz CT molecular complexity index is 1880. The molecule has 3 aromatic rings. The normalized spacial score (nSPS) is 25.8. The predicted molar refractivity (Wildman–Crippen MR) is 194 cm³/mol. The molecule has 2 aromatic heterocycles. The minimum Gasteiger partial charge on any atom is -0.464 e. The maximum Gasteiger partial charge on any atom is 0.459 e. The Morgan fingerprint density at radius 2 is 1.69 bits per heavy atom. The largest absolute Gasteiger partial charge is 0.464 e. The molecule has 16 nitrogen and oxygen atoms in total. The molecule has 54 heavy (non-hydrogen) atoms. The van der Waals surface area contributed by atoms with Gasteiger partial charge in [0.1, 0.15) is 42.4 Å². The fourth-order valence-corrected chi connectivity index (χ4v) is 7.78. The molecule has 17 heteroatoms. The van der Waals surface area contributed by atoms with Gasteiger partial charge >= 0.3 is 25.7 Å². The van der Waals surface area contributed by atoms with Crippen molar-refractivity contribution in [1.82, 2.24) is 19.7 Å². The van der Waals surface area contributed by atoms with Crippen molar-refractivity contribution in [2.45, 2.75) is 97.2 Å². The number of aromatic nitrogens is 3. The number of hydrogen-bond donors (Lipinski definition) is 2. The van der Waals surface area contributed by atoms with E-state index in [1.54, 1.807) is 58.0 Å². The van der Waals surface area contributed by atoms with Crippen LogP contribution in [0.4, 0.5) is 5.82 Å². The van der Waals surface area contributed by atoms with Gasteiger partial charge in [-0.2, -0.15) is 15.4 Å². The number of nitrogens with zero attached hydrogens (tertiary/aromatic N) is 4. The van der Waals surface area contributed by atoms with Gasteiger partial charge in [-0.1, -0.05) is 65.7 Å². The number of fused-ring (bicyclic) bond motifs is 1. The highest BCUT2D eigenvalue weighted by Crippen LogP contribution is 2.50. The van der Waals surface area contributed by atoms with Gasteiger partial charge in [-0.05, 0) is 55.9 Å². The van der Waals surface area contributed by atoms with E-state index in [0.29, 0.717) is 11.4 Å². The third kappa shape index (κ3) is 9.38. The summed E-state index contributed by atoms with van der Waals surface area (Å²) < 4.78 is 51.7. The number of ether oxygens (including phenoxy) is 4. The van der Waals surface area contributed by atoms with Crippen LogP contribution in [0.3, 0.4) is 0 Å². The van der Waals surface area contributed by atoms with E-state index in [9.17, 15) is 24.2 Å². The third-order valence-corrected chi connectivity index (χ3v) is 11.2. The van der Waals surface area contributed by atoms with Crippen molar-refractivity contribution in [2.75, 3.05) is 18.9 Å². The molecule has 6 atom stereocenters. The minimum atomic E-state index is -4.56. The molecular formula is C37H49N6O10P. The first-order chi connectivity index (χ1) is 25.6. The number of rotatable bonds is 15. The van der Waals surface area contributed by atoms with Crippen molar-refractivity contribution in [3.05, 3.63) is 54.5 Å². The predicted octanol–water partition coefficient (Wildman–Crippen LogP) is 5.33. The highest BCUT2D eigenvalue weighted by Gasteiger charge is 2.62. The number of carbonyl (C=O) groups excluding carboxylic acids is 3. The Labute approximate surface area is 314 Å². The van der Waals surface area contributed by atoms with E-state index in [0.717, 1.165) is 25.7 Å². The van der Waals surface area contributed by atoms with Crippen molar-refractivity contribution in [3.8, 4) is 11.8 Å². The Morgan fingerprint density at radius 1 is 1.02 bits per heavy atom. The number of anilines is 1. The zero-order valence-corrected chi connectivity index (χ0v) is 32.3. The minimum absolute atomic E-state index is 0.130. The summed E-state index contributed by atoms with van der Waals surface area (Å²) in [6, 6.07) is 12.2. The Kier molecular flexibility index (Phi) is 13.0. The average Bonchev–Trinajstić information content (AvgIpc) is 3.70. The highest BCUT2D eigenvalue weighted by atomic mass is 31.2. The summed E-state index contributed by atoms with van der Waals surface area (Å²) in [6.45, 7) is 9.46. The second kappa shape index (κ2) is 17.3. The van der Waals surface area contributed by atoms with Gasteiger partial charge < -0.3 is 29.2 Å². The first-order valence-electron chi connectivity index (χ1n) is 18.2. The molecule has 0 radical (unpaired) electrons. The van der Waals surface area contributed by atoms with Gasteiger partial charge in [-0.3, -0.25) is 18.9 Å². The summed E-state index contributed by atoms with van der Waals surface area (Å²) in [7, 11) is -4.56. The number of carbonyl (C=O) groups is 3. The SMILES string of the molecule is CC(C)C(=O)O[C@H]1[C@H](c2ccc3c(N)ncnn23)O[C@](C#N)(COP(=O)(N[C@@H](C)C(=O)OC[C@H]2CC[C@H](C)CC2)Oc2ccccc2)[C@H]1OC(=O)C(C)C. The summed E-state index contributed by atoms with van der Waals surface area (Å²) in [6.07, 6.45) is 0.916. The number of para-hydroxylation sites is 1. The van der Waals surface area contributed by atoms with Crippen LogP contribution in [0.15, 0.2) is 48.8 Å². The maximum absolute atomic E-state index is 14.6. The van der Waals surface area contributed by atoms with Gasteiger partial charge in [0.25, 0.3) is 0 Å². The fourth-order valence-electron chi connectivity index (χ4n) is 6.26.